The molecule has 1 aromatic heterocycles. The van der Waals surface area contributed by atoms with Gasteiger partial charge >= 0.3 is 0 Å². The smallest absolute Gasteiger partial charge is 0.161 e. The minimum atomic E-state index is -1.22. The van der Waals surface area contributed by atoms with Crippen LogP contribution in [0.15, 0.2) is 22.0 Å². The van der Waals surface area contributed by atoms with Crippen molar-refractivity contribution in [3.8, 4) is 0 Å². The fourth-order valence-corrected chi connectivity index (χ4v) is 3.16. The zero-order valence-corrected chi connectivity index (χ0v) is 11.7. The third-order valence-electron chi connectivity index (χ3n) is 2.56. The van der Waals surface area contributed by atoms with E-state index in [1.54, 1.807) is 6.07 Å². The van der Waals surface area contributed by atoms with Crippen LogP contribution in [-0.2, 0) is 0 Å². The Morgan fingerprint density at radius 2 is 1.72 bits per heavy atom. The molecule has 2 N–H and O–H groups in total. The number of benzene rings is 1. The number of rotatable bonds is 2. The van der Waals surface area contributed by atoms with Gasteiger partial charge in [-0.25, -0.2) is 13.2 Å². The second-order valence-corrected chi connectivity index (χ2v) is 6.27. The summed E-state index contributed by atoms with van der Waals surface area (Å²) in [4.78, 5) is 0.685. The molecule has 0 bridgehead atoms. The summed E-state index contributed by atoms with van der Waals surface area (Å²) in [7, 11) is 0. The first-order chi connectivity index (χ1) is 8.40. The maximum Gasteiger partial charge on any atom is 0.161 e. The maximum absolute atomic E-state index is 13.6. The summed E-state index contributed by atoms with van der Waals surface area (Å²) >= 11 is 4.68. The standard InChI is InChI=1S/C12H9BrF3NS/c1-5-2-10(18-12(5)13)11(17)6-3-8(15)9(16)4-7(6)14/h2-4,11H,17H2,1H3. The van der Waals surface area contributed by atoms with E-state index in [4.69, 9.17) is 5.73 Å². The molecular formula is C12H9BrF3NS. The monoisotopic (exact) mass is 335 g/mol. The molecule has 1 nitrogen and oxygen atoms in total. The van der Waals surface area contributed by atoms with Gasteiger partial charge in [0.2, 0.25) is 0 Å². The zero-order valence-electron chi connectivity index (χ0n) is 9.31. The van der Waals surface area contributed by atoms with Crippen molar-refractivity contribution in [3.63, 3.8) is 0 Å². The van der Waals surface area contributed by atoms with Gasteiger partial charge in [-0.2, -0.15) is 0 Å². The lowest BCUT2D eigenvalue weighted by atomic mass is 10.0. The summed E-state index contributed by atoms with van der Waals surface area (Å²) in [6.07, 6.45) is 0. The van der Waals surface area contributed by atoms with Crippen molar-refractivity contribution >= 4 is 27.3 Å². The molecule has 0 aliphatic rings. The van der Waals surface area contributed by atoms with Gasteiger partial charge in [-0.3, -0.25) is 0 Å². The third kappa shape index (κ3) is 2.46. The van der Waals surface area contributed by atoms with Crippen LogP contribution in [0.25, 0.3) is 0 Å². The first kappa shape index (κ1) is 13.6. The molecule has 1 unspecified atom stereocenters. The molecule has 0 radical (unpaired) electrons. The zero-order chi connectivity index (χ0) is 13.4. The predicted octanol–water partition coefficient (Wildman–Crippen LogP) is 4.28. The van der Waals surface area contributed by atoms with Gasteiger partial charge in [0.05, 0.1) is 9.83 Å². The summed E-state index contributed by atoms with van der Waals surface area (Å²) in [5.74, 6) is -3.16. The molecule has 1 aromatic carbocycles. The van der Waals surface area contributed by atoms with Gasteiger partial charge in [0.15, 0.2) is 11.6 Å². The van der Waals surface area contributed by atoms with Gasteiger partial charge < -0.3 is 5.73 Å². The maximum atomic E-state index is 13.6. The van der Waals surface area contributed by atoms with Crippen molar-refractivity contribution < 1.29 is 13.2 Å². The lowest BCUT2D eigenvalue weighted by molar-refractivity contribution is 0.488. The summed E-state index contributed by atoms with van der Waals surface area (Å²) in [5.41, 5.74) is 6.79. The molecule has 6 heteroatoms. The molecule has 2 aromatic rings. The Morgan fingerprint density at radius 3 is 2.28 bits per heavy atom. The number of nitrogens with two attached hydrogens (primary N) is 1. The van der Waals surface area contributed by atoms with Crippen LogP contribution in [0.1, 0.15) is 22.0 Å². The van der Waals surface area contributed by atoms with Crippen LogP contribution in [0.5, 0.6) is 0 Å². The summed E-state index contributed by atoms with van der Waals surface area (Å²) < 4.78 is 40.4. The molecule has 18 heavy (non-hydrogen) atoms. The van der Waals surface area contributed by atoms with Crippen LogP contribution in [0.2, 0.25) is 0 Å². The summed E-state index contributed by atoms with van der Waals surface area (Å²) in [6.45, 7) is 1.87. The second kappa shape index (κ2) is 5.03. The molecule has 0 aliphatic heterocycles. The van der Waals surface area contributed by atoms with Gasteiger partial charge in [0.1, 0.15) is 5.82 Å². The molecule has 96 valence electrons. The lowest BCUT2D eigenvalue weighted by Crippen LogP contribution is -2.13. The van der Waals surface area contributed by atoms with Gasteiger partial charge in [-0.15, -0.1) is 11.3 Å². The van der Waals surface area contributed by atoms with E-state index in [1.807, 2.05) is 6.92 Å². The molecular weight excluding hydrogens is 327 g/mol. The fraction of sp³-hybridized carbons (Fsp3) is 0.167. The van der Waals surface area contributed by atoms with Crippen molar-refractivity contribution in [2.24, 2.45) is 5.73 Å². The molecule has 0 saturated heterocycles. The third-order valence-corrected chi connectivity index (χ3v) is 4.78. The van der Waals surface area contributed by atoms with E-state index in [0.29, 0.717) is 10.9 Å². The Labute approximate surface area is 115 Å². The Morgan fingerprint density at radius 1 is 1.11 bits per heavy atom. The second-order valence-electron chi connectivity index (χ2n) is 3.87. The quantitative estimate of drug-likeness (QED) is 0.814. The Kier molecular flexibility index (Phi) is 3.79. The molecule has 0 spiro atoms. The van der Waals surface area contributed by atoms with Crippen molar-refractivity contribution in [3.05, 3.63) is 55.4 Å². The number of aryl methyl sites for hydroxylation is 1. The molecule has 0 fully saturated rings. The minimum Gasteiger partial charge on any atom is -0.320 e. The number of halogens is 4. The SMILES string of the molecule is Cc1cc(C(N)c2cc(F)c(F)cc2F)sc1Br. The normalized spacial score (nSPS) is 12.8. The highest BCUT2D eigenvalue weighted by molar-refractivity contribution is 9.11. The van der Waals surface area contributed by atoms with E-state index >= 15 is 0 Å². The van der Waals surface area contributed by atoms with Crippen LogP contribution in [0.3, 0.4) is 0 Å². The first-order valence-corrected chi connectivity index (χ1v) is 6.67. The lowest BCUT2D eigenvalue weighted by Gasteiger charge is -2.11. The summed E-state index contributed by atoms with van der Waals surface area (Å²) in [5, 5.41) is 0. The predicted molar refractivity (Wildman–Crippen MR) is 69.1 cm³/mol. The Balaban J connectivity index is 2.45. The van der Waals surface area contributed by atoms with Crippen LogP contribution >= 0.6 is 27.3 Å². The average molecular weight is 336 g/mol. The summed E-state index contributed by atoms with van der Waals surface area (Å²) in [6, 6.07) is 2.30. The minimum absolute atomic E-state index is 0.0531. The number of thiophene rings is 1. The van der Waals surface area contributed by atoms with Crippen molar-refractivity contribution in [1.82, 2.24) is 0 Å². The van der Waals surface area contributed by atoms with Crippen LogP contribution in [0.4, 0.5) is 13.2 Å². The van der Waals surface area contributed by atoms with E-state index in [2.05, 4.69) is 15.9 Å². The van der Waals surface area contributed by atoms with Crippen LogP contribution in [-0.4, -0.2) is 0 Å². The van der Waals surface area contributed by atoms with E-state index in [9.17, 15) is 13.2 Å². The molecule has 0 aliphatic carbocycles. The highest BCUT2D eigenvalue weighted by Gasteiger charge is 2.19. The fourth-order valence-electron chi connectivity index (χ4n) is 1.57. The molecule has 0 saturated carbocycles. The van der Waals surface area contributed by atoms with E-state index < -0.39 is 23.5 Å². The highest BCUT2D eigenvalue weighted by Crippen LogP contribution is 2.34. The molecule has 1 heterocycles. The van der Waals surface area contributed by atoms with Crippen molar-refractivity contribution in [2.45, 2.75) is 13.0 Å². The van der Waals surface area contributed by atoms with E-state index in [0.717, 1.165) is 15.4 Å². The van der Waals surface area contributed by atoms with Gasteiger partial charge in [0.25, 0.3) is 0 Å². The number of hydrogen-bond acceptors (Lipinski definition) is 2. The van der Waals surface area contributed by atoms with E-state index in [1.165, 1.54) is 11.3 Å². The van der Waals surface area contributed by atoms with Crippen LogP contribution < -0.4 is 5.73 Å². The van der Waals surface area contributed by atoms with Crippen molar-refractivity contribution in [1.29, 1.82) is 0 Å². The largest absolute Gasteiger partial charge is 0.320 e. The van der Waals surface area contributed by atoms with Gasteiger partial charge in [-0.05, 0) is 40.5 Å². The molecule has 0 amide bonds. The number of hydrogen-bond donors (Lipinski definition) is 1. The topological polar surface area (TPSA) is 26.0 Å². The molecule has 2 rings (SSSR count). The Bertz CT molecular complexity index is 578. The van der Waals surface area contributed by atoms with Gasteiger partial charge in [0, 0.05) is 16.5 Å². The Hall–Kier alpha value is -0.850. The average Bonchev–Trinajstić information content (AvgIpc) is 2.63. The van der Waals surface area contributed by atoms with Gasteiger partial charge in [-0.1, -0.05) is 0 Å². The molecule has 1 atom stereocenters. The van der Waals surface area contributed by atoms with Crippen molar-refractivity contribution in [2.75, 3.05) is 0 Å². The highest BCUT2D eigenvalue weighted by atomic mass is 79.9. The first-order valence-electron chi connectivity index (χ1n) is 5.06. The van der Waals surface area contributed by atoms with E-state index in [-0.39, 0.29) is 5.56 Å². The van der Waals surface area contributed by atoms with Crippen LogP contribution in [0, 0.1) is 24.4 Å².